The Bertz CT molecular complexity index is 407. The van der Waals surface area contributed by atoms with E-state index in [-0.39, 0.29) is 11.8 Å². The molecule has 0 aromatic rings. The van der Waals surface area contributed by atoms with E-state index in [9.17, 15) is 4.79 Å². The molecule has 0 bridgehead atoms. The van der Waals surface area contributed by atoms with Crippen LogP contribution >= 0.6 is 0 Å². The molecule has 3 heterocycles. The van der Waals surface area contributed by atoms with Crippen molar-refractivity contribution >= 4 is 5.91 Å². The van der Waals surface area contributed by atoms with Gasteiger partial charge in [-0.2, -0.15) is 0 Å². The SMILES string of the molecule is COCCN1CCC(CNC(=O)C2CCN(C3CCOCC3)CC2)C1. The largest absolute Gasteiger partial charge is 0.383 e. The van der Waals surface area contributed by atoms with Gasteiger partial charge < -0.3 is 24.6 Å². The maximum Gasteiger partial charge on any atom is 0.223 e. The van der Waals surface area contributed by atoms with E-state index in [1.165, 1.54) is 6.42 Å². The van der Waals surface area contributed by atoms with Crippen LogP contribution in [0.15, 0.2) is 0 Å². The molecule has 3 saturated heterocycles. The van der Waals surface area contributed by atoms with Gasteiger partial charge in [-0.15, -0.1) is 0 Å². The Hall–Kier alpha value is -0.690. The van der Waals surface area contributed by atoms with Crippen molar-refractivity contribution in [3.05, 3.63) is 0 Å². The van der Waals surface area contributed by atoms with Crippen LogP contribution in [0.25, 0.3) is 0 Å². The third-order valence-electron chi connectivity index (χ3n) is 6.15. The number of amides is 1. The van der Waals surface area contributed by atoms with Crippen LogP contribution < -0.4 is 5.32 Å². The van der Waals surface area contributed by atoms with Gasteiger partial charge in [-0.3, -0.25) is 4.79 Å². The molecule has 6 heteroatoms. The molecular formula is C19H35N3O3. The molecule has 25 heavy (non-hydrogen) atoms. The Balaban J connectivity index is 1.31. The summed E-state index contributed by atoms with van der Waals surface area (Å²) in [5, 5.41) is 3.23. The number of carbonyl (C=O) groups is 1. The number of hydrogen-bond acceptors (Lipinski definition) is 5. The summed E-state index contributed by atoms with van der Waals surface area (Å²) in [4.78, 5) is 17.5. The molecule has 0 radical (unpaired) electrons. The quantitative estimate of drug-likeness (QED) is 0.739. The Labute approximate surface area is 152 Å². The molecule has 6 nitrogen and oxygen atoms in total. The zero-order valence-corrected chi connectivity index (χ0v) is 15.8. The second kappa shape index (κ2) is 9.86. The van der Waals surface area contributed by atoms with Gasteiger partial charge >= 0.3 is 0 Å². The first-order chi connectivity index (χ1) is 12.3. The predicted octanol–water partition coefficient (Wildman–Crippen LogP) is 0.962. The number of hydrogen-bond donors (Lipinski definition) is 1. The van der Waals surface area contributed by atoms with E-state index in [2.05, 4.69) is 15.1 Å². The van der Waals surface area contributed by atoms with Crippen LogP contribution in [0.4, 0.5) is 0 Å². The summed E-state index contributed by atoms with van der Waals surface area (Å²) in [6, 6.07) is 0.675. The van der Waals surface area contributed by atoms with E-state index in [0.29, 0.717) is 12.0 Å². The zero-order chi connectivity index (χ0) is 17.5. The van der Waals surface area contributed by atoms with Crippen LogP contribution in [0.3, 0.4) is 0 Å². The fraction of sp³-hybridized carbons (Fsp3) is 0.947. The molecule has 1 amide bonds. The van der Waals surface area contributed by atoms with Gasteiger partial charge in [0, 0.05) is 51.9 Å². The molecule has 0 aromatic heterocycles. The van der Waals surface area contributed by atoms with E-state index in [1.54, 1.807) is 7.11 Å². The van der Waals surface area contributed by atoms with Gasteiger partial charge in [0.15, 0.2) is 0 Å². The molecule has 0 spiro atoms. The van der Waals surface area contributed by atoms with E-state index in [4.69, 9.17) is 9.47 Å². The van der Waals surface area contributed by atoms with E-state index >= 15 is 0 Å². The first-order valence-electron chi connectivity index (χ1n) is 10.1. The third kappa shape index (κ3) is 5.64. The number of ether oxygens (including phenoxy) is 2. The van der Waals surface area contributed by atoms with Crippen molar-refractivity contribution in [3.8, 4) is 0 Å². The summed E-state index contributed by atoms with van der Waals surface area (Å²) in [6.07, 6.45) is 5.50. The van der Waals surface area contributed by atoms with Crippen molar-refractivity contribution in [2.75, 3.05) is 66.2 Å². The fourth-order valence-electron chi connectivity index (χ4n) is 4.47. The van der Waals surface area contributed by atoms with Crippen LogP contribution in [-0.2, 0) is 14.3 Å². The smallest absolute Gasteiger partial charge is 0.223 e. The summed E-state index contributed by atoms with van der Waals surface area (Å²) in [5.74, 6) is 1.09. The second-order valence-electron chi connectivity index (χ2n) is 7.85. The maximum atomic E-state index is 12.5. The Morgan fingerprint density at radius 1 is 1.12 bits per heavy atom. The molecule has 1 atom stereocenters. The van der Waals surface area contributed by atoms with Crippen molar-refractivity contribution in [3.63, 3.8) is 0 Å². The summed E-state index contributed by atoms with van der Waals surface area (Å²) >= 11 is 0. The van der Waals surface area contributed by atoms with Crippen LogP contribution in [-0.4, -0.2) is 87.9 Å². The zero-order valence-electron chi connectivity index (χ0n) is 15.8. The highest BCUT2D eigenvalue weighted by atomic mass is 16.5. The normalized spacial score (nSPS) is 27.6. The Morgan fingerprint density at radius 3 is 2.60 bits per heavy atom. The lowest BCUT2D eigenvalue weighted by Crippen LogP contribution is -2.47. The lowest BCUT2D eigenvalue weighted by molar-refractivity contribution is -0.127. The average molecular weight is 354 g/mol. The highest BCUT2D eigenvalue weighted by Gasteiger charge is 2.30. The van der Waals surface area contributed by atoms with E-state index < -0.39 is 0 Å². The van der Waals surface area contributed by atoms with Gasteiger partial charge in [0.25, 0.3) is 0 Å². The summed E-state index contributed by atoms with van der Waals surface area (Å²) < 4.78 is 10.6. The number of carbonyl (C=O) groups excluding carboxylic acids is 1. The van der Waals surface area contributed by atoms with Crippen molar-refractivity contribution in [2.24, 2.45) is 11.8 Å². The number of nitrogens with zero attached hydrogens (tertiary/aromatic N) is 2. The predicted molar refractivity (Wildman–Crippen MR) is 97.6 cm³/mol. The number of nitrogens with one attached hydrogen (secondary N) is 1. The summed E-state index contributed by atoms with van der Waals surface area (Å²) in [6.45, 7) is 8.79. The van der Waals surface area contributed by atoms with E-state index in [1.807, 2.05) is 0 Å². The molecule has 3 aliphatic rings. The topological polar surface area (TPSA) is 54.0 Å². The minimum atomic E-state index is 0.210. The van der Waals surface area contributed by atoms with Gasteiger partial charge in [-0.05, 0) is 57.7 Å². The van der Waals surface area contributed by atoms with Gasteiger partial charge in [-0.25, -0.2) is 0 Å². The number of piperidine rings is 1. The summed E-state index contributed by atoms with van der Waals surface area (Å²) in [7, 11) is 1.75. The van der Waals surface area contributed by atoms with Crippen LogP contribution in [0.2, 0.25) is 0 Å². The fourth-order valence-corrected chi connectivity index (χ4v) is 4.47. The van der Waals surface area contributed by atoms with Crippen molar-refractivity contribution in [1.82, 2.24) is 15.1 Å². The second-order valence-corrected chi connectivity index (χ2v) is 7.85. The van der Waals surface area contributed by atoms with Crippen LogP contribution in [0, 0.1) is 11.8 Å². The molecular weight excluding hydrogens is 318 g/mol. The van der Waals surface area contributed by atoms with Gasteiger partial charge in [0.1, 0.15) is 0 Å². The molecule has 0 saturated carbocycles. The maximum absolute atomic E-state index is 12.5. The molecule has 144 valence electrons. The van der Waals surface area contributed by atoms with Crippen molar-refractivity contribution in [1.29, 1.82) is 0 Å². The number of rotatable bonds is 7. The minimum Gasteiger partial charge on any atom is -0.383 e. The molecule has 0 aliphatic carbocycles. The number of likely N-dealkylation sites (tertiary alicyclic amines) is 2. The molecule has 1 unspecified atom stereocenters. The van der Waals surface area contributed by atoms with Gasteiger partial charge in [0.05, 0.1) is 6.61 Å². The lowest BCUT2D eigenvalue weighted by atomic mass is 9.93. The molecule has 3 fully saturated rings. The molecule has 0 aromatic carbocycles. The first-order valence-corrected chi connectivity index (χ1v) is 10.1. The monoisotopic (exact) mass is 353 g/mol. The van der Waals surface area contributed by atoms with Crippen molar-refractivity contribution in [2.45, 2.75) is 38.1 Å². The van der Waals surface area contributed by atoms with Crippen LogP contribution in [0.1, 0.15) is 32.1 Å². The molecule has 3 aliphatic heterocycles. The summed E-state index contributed by atoms with van der Waals surface area (Å²) in [5.41, 5.74) is 0. The average Bonchev–Trinajstić information content (AvgIpc) is 3.13. The third-order valence-corrected chi connectivity index (χ3v) is 6.15. The van der Waals surface area contributed by atoms with Gasteiger partial charge in [0.2, 0.25) is 5.91 Å². The first kappa shape index (κ1) is 19.1. The lowest BCUT2D eigenvalue weighted by Gasteiger charge is -2.38. The minimum absolute atomic E-state index is 0.210. The Morgan fingerprint density at radius 2 is 1.88 bits per heavy atom. The highest BCUT2D eigenvalue weighted by molar-refractivity contribution is 5.78. The highest BCUT2D eigenvalue weighted by Crippen LogP contribution is 2.23. The Kier molecular flexibility index (Phi) is 7.52. The van der Waals surface area contributed by atoms with E-state index in [0.717, 1.165) is 84.8 Å². The van der Waals surface area contributed by atoms with Crippen LogP contribution in [0.5, 0.6) is 0 Å². The standard InChI is InChI=1S/C19H35N3O3/c1-24-13-10-21-7-2-16(15-21)14-20-19(23)17-3-8-22(9-4-17)18-5-11-25-12-6-18/h16-18H,2-15H2,1H3,(H,20,23). The van der Waals surface area contributed by atoms with Crippen molar-refractivity contribution < 1.29 is 14.3 Å². The molecule has 3 rings (SSSR count). The molecule has 1 N–H and O–H groups in total. The van der Waals surface area contributed by atoms with Gasteiger partial charge in [-0.1, -0.05) is 0 Å². The number of methoxy groups -OCH3 is 1.